The number of hydrogen-bond donors (Lipinski definition) is 4. The predicted octanol–water partition coefficient (Wildman–Crippen LogP) is 7.71. The molecule has 0 radical (unpaired) electrons. The Kier molecular flexibility index (Phi) is 13.0. The zero-order chi connectivity index (χ0) is 31.1. The van der Waals surface area contributed by atoms with Gasteiger partial charge in [0.1, 0.15) is 11.8 Å². The van der Waals surface area contributed by atoms with Crippen LogP contribution >= 0.6 is 11.9 Å². The summed E-state index contributed by atoms with van der Waals surface area (Å²) in [5.41, 5.74) is 2.61. The van der Waals surface area contributed by atoms with Crippen LogP contribution in [0.5, 0.6) is 5.75 Å². The molecule has 4 N–H and O–H groups in total. The van der Waals surface area contributed by atoms with Crippen LogP contribution in [-0.4, -0.2) is 35.5 Å². The highest BCUT2D eigenvalue weighted by Gasteiger charge is 2.23. The Morgan fingerprint density at radius 3 is 2.18 bits per heavy atom. The van der Waals surface area contributed by atoms with E-state index in [-0.39, 0.29) is 18.2 Å². The molecule has 9 heteroatoms. The van der Waals surface area contributed by atoms with Gasteiger partial charge in [-0.3, -0.25) is 9.59 Å². The highest BCUT2D eigenvalue weighted by molar-refractivity contribution is 8.00. The number of carboxylic acids is 1. The number of unbranched alkanes of at least 4 members (excludes halogenated alkanes) is 4. The van der Waals surface area contributed by atoms with Crippen LogP contribution < -0.4 is 20.1 Å². The van der Waals surface area contributed by atoms with Gasteiger partial charge in [0.15, 0.2) is 0 Å². The van der Waals surface area contributed by atoms with Gasteiger partial charge in [-0.05, 0) is 97.4 Å². The molecule has 0 spiro atoms. The highest BCUT2D eigenvalue weighted by atomic mass is 32.2. The number of rotatable bonds is 17. The maximum Gasteiger partial charge on any atom is 0.326 e. The molecule has 1 atom stereocenters. The monoisotopic (exact) mass is 617 g/mol. The van der Waals surface area contributed by atoms with E-state index in [9.17, 15) is 19.5 Å². The first-order valence-corrected chi connectivity index (χ1v) is 16.4. The smallest absolute Gasteiger partial charge is 0.326 e. The zero-order valence-corrected chi connectivity index (χ0v) is 26.2. The fourth-order valence-corrected chi connectivity index (χ4v) is 5.78. The summed E-state index contributed by atoms with van der Waals surface area (Å²) in [5.74, 6) is -0.669. The van der Waals surface area contributed by atoms with Crippen molar-refractivity contribution in [2.75, 3.05) is 16.6 Å². The third kappa shape index (κ3) is 10.6. The molecule has 1 aliphatic rings. The SMILES string of the molecule is CCCCCCCOc1ccc(SNc2ccc(CC(NC(=O)c3ccc(NC(=O)C4CCCC4)cc3)C(=O)O)cc2)cc1. The number of carbonyl (C=O) groups is 3. The normalized spacial score (nSPS) is 13.7. The van der Waals surface area contributed by atoms with Gasteiger partial charge in [0, 0.05) is 34.2 Å². The first kappa shape index (κ1) is 32.9. The first-order valence-electron chi connectivity index (χ1n) is 15.6. The second-order valence-corrected chi connectivity index (χ2v) is 12.1. The van der Waals surface area contributed by atoms with E-state index in [0.717, 1.165) is 60.6 Å². The summed E-state index contributed by atoms with van der Waals surface area (Å²) in [6, 6.07) is 20.9. The predicted molar refractivity (Wildman–Crippen MR) is 176 cm³/mol. The van der Waals surface area contributed by atoms with Crippen LogP contribution in [0.1, 0.15) is 80.6 Å². The van der Waals surface area contributed by atoms with Gasteiger partial charge >= 0.3 is 5.97 Å². The lowest BCUT2D eigenvalue weighted by molar-refractivity contribution is -0.139. The summed E-state index contributed by atoms with van der Waals surface area (Å²) in [5, 5.41) is 15.3. The maximum absolute atomic E-state index is 12.8. The van der Waals surface area contributed by atoms with Crippen LogP contribution in [0, 0.1) is 5.92 Å². The highest BCUT2D eigenvalue weighted by Crippen LogP contribution is 2.26. The second kappa shape index (κ2) is 17.3. The van der Waals surface area contributed by atoms with Crippen molar-refractivity contribution >= 4 is 41.1 Å². The first-order chi connectivity index (χ1) is 21.4. The Labute approximate surface area is 264 Å². The number of nitrogens with one attached hydrogen (secondary N) is 3. The van der Waals surface area contributed by atoms with E-state index in [1.807, 2.05) is 48.5 Å². The molecule has 0 aliphatic heterocycles. The summed E-state index contributed by atoms with van der Waals surface area (Å²) in [4.78, 5) is 38.2. The number of anilines is 2. The van der Waals surface area contributed by atoms with Crippen molar-refractivity contribution in [3.05, 3.63) is 83.9 Å². The van der Waals surface area contributed by atoms with E-state index in [1.165, 1.54) is 37.6 Å². The Morgan fingerprint density at radius 2 is 1.52 bits per heavy atom. The van der Waals surface area contributed by atoms with Crippen molar-refractivity contribution in [2.24, 2.45) is 5.92 Å². The summed E-state index contributed by atoms with van der Waals surface area (Å²) < 4.78 is 9.14. The Bertz CT molecular complexity index is 1340. The van der Waals surface area contributed by atoms with Crippen molar-refractivity contribution in [3.8, 4) is 5.75 Å². The quantitative estimate of drug-likeness (QED) is 0.0905. The van der Waals surface area contributed by atoms with Gasteiger partial charge in [-0.15, -0.1) is 0 Å². The molecule has 0 aromatic heterocycles. The molecule has 1 saturated carbocycles. The Morgan fingerprint density at radius 1 is 0.864 bits per heavy atom. The van der Waals surface area contributed by atoms with Crippen LogP contribution in [0.4, 0.5) is 11.4 Å². The van der Waals surface area contributed by atoms with Crippen LogP contribution in [0.2, 0.25) is 0 Å². The van der Waals surface area contributed by atoms with Gasteiger partial charge in [-0.1, -0.05) is 57.6 Å². The van der Waals surface area contributed by atoms with E-state index in [2.05, 4.69) is 22.3 Å². The topological polar surface area (TPSA) is 117 Å². The van der Waals surface area contributed by atoms with E-state index < -0.39 is 17.9 Å². The molecule has 8 nitrogen and oxygen atoms in total. The van der Waals surface area contributed by atoms with Gasteiger partial charge in [0.05, 0.1) is 6.61 Å². The molecule has 1 fully saturated rings. The summed E-state index contributed by atoms with van der Waals surface area (Å²) in [6.45, 7) is 2.95. The lowest BCUT2D eigenvalue weighted by Crippen LogP contribution is -2.42. The number of carboxylic acid groups (broad SMARTS) is 1. The van der Waals surface area contributed by atoms with Gasteiger partial charge in [-0.2, -0.15) is 0 Å². The molecule has 3 aromatic carbocycles. The van der Waals surface area contributed by atoms with Crippen molar-refractivity contribution in [1.29, 1.82) is 0 Å². The summed E-state index contributed by atoms with van der Waals surface area (Å²) in [7, 11) is 0. The van der Waals surface area contributed by atoms with Crippen LogP contribution in [0.3, 0.4) is 0 Å². The number of carbonyl (C=O) groups excluding carboxylic acids is 2. The average molecular weight is 618 g/mol. The summed E-state index contributed by atoms with van der Waals surface area (Å²) >= 11 is 1.48. The van der Waals surface area contributed by atoms with Crippen molar-refractivity contribution in [1.82, 2.24) is 5.32 Å². The van der Waals surface area contributed by atoms with Crippen LogP contribution in [0.15, 0.2) is 77.7 Å². The molecule has 4 rings (SSSR count). The van der Waals surface area contributed by atoms with Crippen molar-refractivity contribution in [2.45, 2.75) is 82.1 Å². The largest absolute Gasteiger partial charge is 0.494 e. The fraction of sp³-hybridized carbons (Fsp3) is 0.400. The number of ether oxygens (including phenoxy) is 1. The summed E-state index contributed by atoms with van der Waals surface area (Å²) in [6.07, 6.45) is 10.2. The molecular weight excluding hydrogens is 574 g/mol. The fourth-order valence-electron chi connectivity index (χ4n) is 5.14. The molecule has 3 aromatic rings. The Hall–Kier alpha value is -3.98. The second-order valence-electron chi connectivity index (χ2n) is 11.3. The Balaban J connectivity index is 1.21. The number of amides is 2. The third-order valence-electron chi connectivity index (χ3n) is 7.76. The van der Waals surface area contributed by atoms with E-state index in [0.29, 0.717) is 11.3 Å². The van der Waals surface area contributed by atoms with E-state index >= 15 is 0 Å². The van der Waals surface area contributed by atoms with Crippen molar-refractivity contribution < 1.29 is 24.2 Å². The number of hydrogen-bond acceptors (Lipinski definition) is 6. The van der Waals surface area contributed by atoms with Gasteiger partial charge in [0.25, 0.3) is 5.91 Å². The molecule has 0 bridgehead atoms. The lowest BCUT2D eigenvalue weighted by Gasteiger charge is -2.16. The van der Waals surface area contributed by atoms with Gasteiger partial charge in [-0.25, -0.2) is 4.79 Å². The minimum atomic E-state index is -1.11. The molecule has 1 aliphatic carbocycles. The third-order valence-corrected chi connectivity index (χ3v) is 8.61. The van der Waals surface area contributed by atoms with Gasteiger partial charge in [0.2, 0.25) is 5.91 Å². The molecular formula is C35H43N3O5S. The van der Waals surface area contributed by atoms with Gasteiger partial charge < -0.3 is 25.2 Å². The van der Waals surface area contributed by atoms with Crippen LogP contribution in [-0.2, 0) is 16.0 Å². The van der Waals surface area contributed by atoms with Crippen molar-refractivity contribution in [3.63, 3.8) is 0 Å². The number of benzene rings is 3. The molecule has 1 unspecified atom stereocenters. The standard InChI is InChI=1S/C35H43N3O5S/c1-2-3-4-5-8-23-43-30-19-21-31(22-20-30)44-38-29-15-11-25(12-16-29)24-32(35(41)42)37-34(40)27-13-17-28(18-14-27)36-33(39)26-9-6-7-10-26/h11-22,26,32,38H,2-10,23-24H2,1H3,(H,36,39)(H,37,40)(H,41,42). The molecule has 2 amide bonds. The maximum atomic E-state index is 12.8. The average Bonchev–Trinajstić information content (AvgIpc) is 3.58. The minimum Gasteiger partial charge on any atom is -0.494 e. The molecule has 0 heterocycles. The lowest BCUT2D eigenvalue weighted by atomic mass is 10.0. The minimum absolute atomic E-state index is 0.00768. The van der Waals surface area contributed by atoms with Crippen LogP contribution in [0.25, 0.3) is 0 Å². The van der Waals surface area contributed by atoms with E-state index in [4.69, 9.17) is 4.74 Å². The molecule has 234 valence electrons. The molecule has 0 saturated heterocycles. The van der Waals surface area contributed by atoms with E-state index in [1.54, 1.807) is 24.3 Å². The number of aliphatic carboxylic acids is 1. The zero-order valence-electron chi connectivity index (χ0n) is 25.3. The molecule has 44 heavy (non-hydrogen) atoms.